The Bertz CT molecular complexity index is 1200. The van der Waals surface area contributed by atoms with Crippen molar-refractivity contribution in [2.24, 2.45) is 5.92 Å². The first-order chi connectivity index (χ1) is 18.5. The second kappa shape index (κ2) is 11.2. The van der Waals surface area contributed by atoms with Crippen LogP contribution in [-0.2, 0) is 5.41 Å². The molecular weight excluding hydrogens is 556 g/mol. The molecule has 3 heterocycles. The second-order valence-electron chi connectivity index (χ2n) is 10.6. The lowest BCUT2D eigenvalue weighted by molar-refractivity contribution is -0.274. The van der Waals surface area contributed by atoms with Gasteiger partial charge in [-0.1, -0.05) is 23.2 Å². The number of carbonyl (C=O) groups is 1. The summed E-state index contributed by atoms with van der Waals surface area (Å²) in [5, 5.41) is 17.9. The van der Waals surface area contributed by atoms with Gasteiger partial charge in [-0.05, 0) is 86.7 Å². The Kier molecular flexibility index (Phi) is 8.10. The zero-order valence-corrected chi connectivity index (χ0v) is 22.7. The van der Waals surface area contributed by atoms with Gasteiger partial charge in [0.1, 0.15) is 5.75 Å². The summed E-state index contributed by atoms with van der Waals surface area (Å²) in [7, 11) is 0. The van der Waals surface area contributed by atoms with E-state index >= 15 is 0 Å². The van der Waals surface area contributed by atoms with E-state index in [-0.39, 0.29) is 23.1 Å². The van der Waals surface area contributed by atoms with Gasteiger partial charge in [0, 0.05) is 43.0 Å². The largest absolute Gasteiger partial charge is 0.573 e. The third-order valence-electron chi connectivity index (χ3n) is 8.21. The van der Waals surface area contributed by atoms with Gasteiger partial charge in [0.15, 0.2) is 0 Å². The van der Waals surface area contributed by atoms with Gasteiger partial charge in [0.2, 0.25) is 0 Å². The third kappa shape index (κ3) is 6.51. The number of nitrogens with one attached hydrogen (secondary N) is 2. The summed E-state index contributed by atoms with van der Waals surface area (Å²) in [5.74, 6) is -0.106. The maximum Gasteiger partial charge on any atom is 0.573 e. The van der Waals surface area contributed by atoms with E-state index in [1.54, 1.807) is 29.2 Å². The zero-order valence-electron chi connectivity index (χ0n) is 21.2. The van der Waals surface area contributed by atoms with E-state index in [2.05, 4.69) is 20.3 Å². The molecule has 0 radical (unpaired) electrons. The minimum Gasteiger partial charge on any atom is -0.406 e. The highest BCUT2D eigenvalue weighted by molar-refractivity contribution is 6.42. The Hall–Kier alpha value is -2.40. The molecule has 3 N–H and O–H groups in total. The average molecular weight is 587 g/mol. The van der Waals surface area contributed by atoms with Crippen molar-refractivity contribution >= 4 is 40.6 Å². The van der Waals surface area contributed by atoms with Crippen LogP contribution in [0.25, 0.3) is 0 Å². The molecule has 1 atom stereocenters. The molecule has 0 saturated carbocycles. The molecule has 2 aromatic carbocycles. The highest BCUT2D eigenvalue weighted by atomic mass is 35.5. The number of halogens is 5. The lowest BCUT2D eigenvalue weighted by Gasteiger charge is -2.41. The molecule has 7 nitrogen and oxygen atoms in total. The number of aliphatic hydroxyl groups is 1. The lowest BCUT2D eigenvalue weighted by atomic mass is 9.74. The number of hydrogen-bond acceptors (Lipinski definition) is 5. The molecule has 3 aliphatic rings. The maximum absolute atomic E-state index is 12.7. The number of urea groups is 1. The van der Waals surface area contributed by atoms with Gasteiger partial charge in [-0.25, -0.2) is 4.79 Å². The summed E-state index contributed by atoms with van der Waals surface area (Å²) in [4.78, 5) is 16.6. The van der Waals surface area contributed by atoms with Crippen molar-refractivity contribution in [3.8, 4) is 5.75 Å². The maximum atomic E-state index is 12.7. The van der Waals surface area contributed by atoms with Crippen LogP contribution in [0.3, 0.4) is 0 Å². The first-order valence-electron chi connectivity index (χ1n) is 13.1. The Labute approximate surface area is 235 Å². The minimum absolute atomic E-state index is 0.0888. The Morgan fingerprint density at radius 1 is 1.10 bits per heavy atom. The van der Waals surface area contributed by atoms with Gasteiger partial charge < -0.3 is 30.3 Å². The zero-order chi connectivity index (χ0) is 27.8. The van der Waals surface area contributed by atoms with Gasteiger partial charge >= 0.3 is 12.4 Å². The summed E-state index contributed by atoms with van der Waals surface area (Å²) in [6.07, 6.45) is -2.27. The summed E-state index contributed by atoms with van der Waals surface area (Å²) >= 11 is 12.0. The van der Waals surface area contributed by atoms with Crippen LogP contribution in [0.4, 0.5) is 29.3 Å². The molecule has 12 heteroatoms. The minimum atomic E-state index is -4.72. The molecule has 0 aliphatic carbocycles. The summed E-state index contributed by atoms with van der Waals surface area (Å²) in [5.41, 5.74) is 2.06. The van der Waals surface area contributed by atoms with E-state index in [0.717, 1.165) is 37.2 Å². The van der Waals surface area contributed by atoms with Gasteiger partial charge in [0.05, 0.1) is 16.1 Å². The highest BCUT2D eigenvalue weighted by Crippen LogP contribution is 2.46. The Morgan fingerprint density at radius 2 is 1.82 bits per heavy atom. The quantitative estimate of drug-likeness (QED) is 0.403. The highest BCUT2D eigenvalue weighted by Gasteiger charge is 2.43. The number of aliphatic hydroxyl groups excluding tert-OH is 1. The fourth-order valence-electron chi connectivity index (χ4n) is 5.96. The van der Waals surface area contributed by atoms with E-state index in [1.165, 1.54) is 12.1 Å². The number of nitrogens with zero attached hydrogens (tertiary/aromatic N) is 2. The number of piperidine rings is 2. The fourth-order valence-corrected chi connectivity index (χ4v) is 6.26. The van der Waals surface area contributed by atoms with Crippen LogP contribution in [-0.4, -0.2) is 72.7 Å². The lowest BCUT2D eigenvalue weighted by Crippen LogP contribution is -2.49. The number of fused-ring (bicyclic) bond motifs is 2. The van der Waals surface area contributed by atoms with Crippen LogP contribution >= 0.6 is 23.2 Å². The number of β-amino-alcohol motifs (C(OH)–C–C–N with tert-alkyl or cyclic N) is 1. The molecule has 2 amide bonds. The average Bonchev–Trinajstić information content (AvgIpc) is 3.24. The number of amides is 2. The van der Waals surface area contributed by atoms with Crippen molar-refractivity contribution in [2.75, 3.05) is 49.9 Å². The molecule has 0 aromatic heterocycles. The molecule has 1 unspecified atom stereocenters. The Morgan fingerprint density at radius 3 is 2.49 bits per heavy atom. The standard InChI is InChI=1S/C27H31Cl2F3N4O3/c28-21-3-1-18(13-22(21)29)34-25(38)36-9-5-17(6-10-36)24(37)15-35-11-7-26(8-12-35)16-33-23-4-2-19(14-20(23)26)39-27(30,31)32/h1-4,13-14,17,24,33,37H,5-12,15-16H2,(H,34,38). The topological polar surface area (TPSA) is 77.1 Å². The molecular formula is C27H31Cl2F3N4O3. The molecule has 212 valence electrons. The summed E-state index contributed by atoms with van der Waals surface area (Å²) in [6.45, 7) is 3.79. The number of benzene rings is 2. The molecule has 2 aromatic rings. The van der Waals surface area contributed by atoms with Crippen molar-refractivity contribution in [2.45, 2.75) is 43.6 Å². The first kappa shape index (κ1) is 28.1. The van der Waals surface area contributed by atoms with Crippen LogP contribution in [0, 0.1) is 5.92 Å². The van der Waals surface area contributed by atoms with Crippen molar-refractivity contribution in [3.05, 3.63) is 52.0 Å². The van der Waals surface area contributed by atoms with Crippen LogP contribution in [0.5, 0.6) is 5.75 Å². The van der Waals surface area contributed by atoms with E-state index in [1.807, 2.05) is 0 Å². The number of anilines is 2. The van der Waals surface area contributed by atoms with Crippen LogP contribution in [0.2, 0.25) is 10.0 Å². The van der Waals surface area contributed by atoms with E-state index < -0.39 is 12.5 Å². The van der Waals surface area contributed by atoms with Crippen molar-refractivity contribution in [1.29, 1.82) is 0 Å². The molecule has 1 spiro atoms. The van der Waals surface area contributed by atoms with Gasteiger partial charge in [-0.2, -0.15) is 0 Å². The van der Waals surface area contributed by atoms with E-state index in [9.17, 15) is 23.1 Å². The smallest absolute Gasteiger partial charge is 0.406 e. The number of carbonyl (C=O) groups excluding carboxylic acids is 1. The number of rotatable bonds is 5. The molecule has 0 bridgehead atoms. The summed E-state index contributed by atoms with van der Waals surface area (Å²) < 4.78 is 42.3. The van der Waals surface area contributed by atoms with Crippen molar-refractivity contribution < 1.29 is 27.8 Å². The number of alkyl halides is 3. The van der Waals surface area contributed by atoms with E-state index in [0.29, 0.717) is 54.8 Å². The van der Waals surface area contributed by atoms with Gasteiger partial charge in [-0.3, -0.25) is 0 Å². The predicted octanol–water partition coefficient (Wildman–Crippen LogP) is 5.96. The molecule has 39 heavy (non-hydrogen) atoms. The number of ether oxygens (including phenoxy) is 1. The SMILES string of the molecule is O=C(Nc1ccc(Cl)c(Cl)c1)N1CCC(C(O)CN2CCC3(CC2)CNc2ccc(OC(F)(F)F)cc23)CC1. The van der Waals surface area contributed by atoms with Crippen molar-refractivity contribution in [3.63, 3.8) is 0 Å². The van der Waals surface area contributed by atoms with Crippen molar-refractivity contribution in [1.82, 2.24) is 9.80 Å². The van der Waals surface area contributed by atoms with Crippen LogP contribution in [0.1, 0.15) is 31.2 Å². The number of likely N-dealkylation sites (tertiary alicyclic amines) is 2. The second-order valence-corrected chi connectivity index (χ2v) is 11.5. The summed E-state index contributed by atoms with van der Waals surface area (Å²) in [6, 6.07) is 9.23. The van der Waals surface area contributed by atoms with Gasteiger partial charge in [0.25, 0.3) is 0 Å². The van der Waals surface area contributed by atoms with Gasteiger partial charge in [-0.15, -0.1) is 13.2 Å². The van der Waals surface area contributed by atoms with E-state index in [4.69, 9.17) is 23.2 Å². The fraction of sp³-hybridized carbons (Fsp3) is 0.519. The van der Waals surface area contributed by atoms with Crippen LogP contribution in [0.15, 0.2) is 36.4 Å². The van der Waals surface area contributed by atoms with Crippen LogP contribution < -0.4 is 15.4 Å². The molecule has 3 aliphatic heterocycles. The Balaban J connectivity index is 1.10. The third-order valence-corrected chi connectivity index (χ3v) is 8.95. The normalized spacial score (nSPS) is 20.4. The monoisotopic (exact) mass is 586 g/mol. The molecule has 2 saturated heterocycles. The predicted molar refractivity (Wildman–Crippen MR) is 145 cm³/mol. The molecule has 2 fully saturated rings. The molecule has 5 rings (SSSR count). The first-order valence-corrected chi connectivity index (χ1v) is 13.8. The number of hydrogen-bond donors (Lipinski definition) is 3.